The van der Waals surface area contributed by atoms with Crippen LogP contribution in [-0.2, 0) is 9.53 Å². The Balaban J connectivity index is 2.22. The lowest BCUT2D eigenvalue weighted by Crippen LogP contribution is -2.19. The average Bonchev–Trinajstić information content (AvgIpc) is 2.29. The van der Waals surface area contributed by atoms with Crippen molar-refractivity contribution in [2.45, 2.75) is 18.9 Å². The molecule has 3 nitrogen and oxygen atoms in total. The molecule has 1 atom stereocenters. The summed E-state index contributed by atoms with van der Waals surface area (Å²) < 4.78 is 10.7. The summed E-state index contributed by atoms with van der Waals surface area (Å²) in [6, 6.07) is 5.46. The van der Waals surface area contributed by atoms with Crippen molar-refractivity contribution in [3.63, 3.8) is 0 Å². The number of benzene rings is 1. The van der Waals surface area contributed by atoms with Crippen LogP contribution in [0, 0.1) is 0 Å². The second kappa shape index (κ2) is 4.85. The summed E-state index contributed by atoms with van der Waals surface area (Å²) in [6.07, 6.45) is 0.791. The molecule has 86 valence electrons. The van der Waals surface area contributed by atoms with Crippen LogP contribution in [0.1, 0.15) is 24.5 Å². The molecular formula is C12H13ClO3. The van der Waals surface area contributed by atoms with Crippen LogP contribution in [0.5, 0.6) is 5.75 Å². The fraction of sp³-hybridized carbons (Fsp3) is 0.417. The van der Waals surface area contributed by atoms with Gasteiger partial charge in [-0.15, -0.1) is 0 Å². The van der Waals surface area contributed by atoms with Crippen molar-refractivity contribution in [3.8, 4) is 5.75 Å². The Hall–Kier alpha value is -1.06. The molecule has 0 radical (unpaired) electrons. The number of ether oxygens (including phenoxy) is 2. The molecule has 16 heavy (non-hydrogen) atoms. The molecule has 1 aliphatic rings. The van der Waals surface area contributed by atoms with Gasteiger partial charge in [-0.1, -0.05) is 17.7 Å². The summed E-state index contributed by atoms with van der Waals surface area (Å²) in [6.45, 7) is 0.494. The van der Waals surface area contributed by atoms with Crippen LogP contribution >= 0.6 is 11.6 Å². The molecule has 0 aromatic heterocycles. The normalized spacial score (nSPS) is 20.9. The average molecular weight is 241 g/mol. The van der Waals surface area contributed by atoms with Crippen LogP contribution in [0.2, 0.25) is 5.02 Å². The topological polar surface area (TPSA) is 35.5 Å². The number of rotatable bonds is 2. The second-order valence-electron chi connectivity index (χ2n) is 3.75. The van der Waals surface area contributed by atoms with E-state index in [1.54, 1.807) is 13.2 Å². The zero-order chi connectivity index (χ0) is 11.5. The van der Waals surface area contributed by atoms with Crippen molar-refractivity contribution >= 4 is 17.4 Å². The molecule has 0 saturated carbocycles. The van der Waals surface area contributed by atoms with Crippen molar-refractivity contribution in [2.75, 3.05) is 13.7 Å². The van der Waals surface area contributed by atoms with Gasteiger partial charge in [0.1, 0.15) is 11.5 Å². The fourth-order valence-electron chi connectivity index (χ4n) is 1.77. The number of halogens is 1. The van der Waals surface area contributed by atoms with E-state index >= 15 is 0 Å². The highest BCUT2D eigenvalue weighted by atomic mass is 35.5. The summed E-state index contributed by atoms with van der Waals surface area (Å²) in [5.74, 6) is 0.853. The minimum absolute atomic E-state index is 0.160. The van der Waals surface area contributed by atoms with E-state index < -0.39 is 0 Å². The largest absolute Gasteiger partial charge is 0.495 e. The van der Waals surface area contributed by atoms with Gasteiger partial charge < -0.3 is 9.47 Å². The Morgan fingerprint density at radius 3 is 3.00 bits per heavy atom. The third-order valence-corrected chi connectivity index (χ3v) is 2.97. The zero-order valence-corrected chi connectivity index (χ0v) is 9.79. The Kier molecular flexibility index (Phi) is 3.46. The molecule has 1 saturated heterocycles. The predicted molar refractivity (Wildman–Crippen MR) is 60.9 cm³/mol. The maximum absolute atomic E-state index is 11.3. The van der Waals surface area contributed by atoms with E-state index in [1.807, 2.05) is 12.1 Å². The molecule has 0 N–H and O–H groups in total. The predicted octanol–water partition coefficient (Wildman–Crippen LogP) is 2.77. The first-order valence-electron chi connectivity index (χ1n) is 5.17. The van der Waals surface area contributed by atoms with Crippen LogP contribution in [-0.4, -0.2) is 19.5 Å². The minimum atomic E-state index is -0.160. The Morgan fingerprint density at radius 2 is 2.31 bits per heavy atom. The van der Waals surface area contributed by atoms with Gasteiger partial charge in [-0.25, -0.2) is 0 Å². The van der Waals surface area contributed by atoms with Gasteiger partial charge in [-0.3, -0.25) is 4.79 Å². The maximum Gasteiger partial charge on any atom is 0.138 e. The van der Waals surface area contributed by atoms with Gasteiger partial charge in [0.2, 0.25) is 0 Å². The number of hydrogen-bond acceptors (Lipinski definition) is 3. The lowest BCUT2D eigenvalue weighted by Gasteiger charge is -2.22. The third kappa shape index (κ3) is 2.36. The maximum atomic E-state index is 11.3. The smallest absolute Gasteiger partial charge is 0.138 e. The third-order valence-electron chi connectivity index (χ3n) is 2.66. The SMILES string of the molecule is COc1cc(C2CC(=O)CCO2)ccc1Cl. The molecule has 1 aliphatic heterocycles. The standard InChI is InChI=1S/C12H13ClO3/c1-15-12-6-8(2-3-10(12)13)11-7-9(14)4-5-16-11/h2-3,6,11H,4-5,7H2,1H3. The highest BCUT2D eigenvalue weighted by Crippen LogP contribution is 2.32. The van der Waals surface area contributed by atoms with Gasteiger partial charge in [0, 0.05) is 12.8 Å². The van der Waals surface area contributed by atoms with Gasteiger partial charge >= 0.3 is 0 Å². The van der Waals surface area contributed by atoms with E-state index in [9.17, 15) is 4.79 Å². The van der Waals surface area contributed by atoms with Crippen molar-refractivity contribution < 1.29 is 14.3 Å². The molecule has 4 heteroatoms. The number of Topliss-reactive ketones (excluding diaryl/α,β-unsaturated/α-hetero) is 1. The first-order chi connectivity index (χ1) is 7.70. The summed E-state index contributed by atoms with van der Waals surface area (Å²) >= 11 is 5.93. The molecule has 0 amide bonds. The van der Waals surface area contributed by atoms with Crippen molar-refractivity contribution in [3.05, 3.63) is 28.8 Å². The second-order valence-corrected chi connectivity index (χ2v) is 4.15. The lowest BCUT2D eigenvalue weighted by molar-refractivity contribution is -0.128. The van der Waals surface area contributed by atoms with E-state index in [2.05, 4.69) is 0 Å². The minimum Gasteiger partial charge on any atom is -0.495 e. The summed E-state index contributed by atoms with van der Waals surface area (Å²) in [4.78, 5) is 11.3. The van der Waals surface area contributed by atoms with E-state index in [0.717, 1.165) is 5.56 Å². The summed E-state index contributed by atoms with van der Waals surface area (Å²) in [7, 11) is 1.57. The Labute approximate surface area is 99.3 Å². The van der Waals surface area contributed by atoms with Gasteiger partial charge in [0.05, 0.1) is 24.8 Å². The van der Waals surface area contributed by atoms with Gasteiger partial charge in [-0.2, -0.15) is 0 Å². The number of ketones is 1. The van der Waals surface area contributed by atoms with Gasteiger partial charge in [0.15, 0.2) is 0 Å². The van der Waals surface area contributed by atoms with E-state index in [-0.39, 0.29) is 11.9 Å². The van der Waals surface area contributed by atoms with E-state index in [1.165, 1.54) is 0 Å². The Morgan fingerprint density at radius 1 is 1.50 bits per heavy atom. The first-order valence-corrected chi connectivity index (χ1v) is 5.55. The Bertz CT molecular complexity index is 403. The highest BCUT2D eigenvalue weighted by Gasteiger charge is 2.22. The highest BCUT2D eigenvalue weighted by molar-refractivity contribution is 6.32. The van der Waals surface area contributed by atoms with Crippen LogP contribution in [0.25, 0.3) is 0 Å². The molecule has 1 fully saturated rings. The van der Waals surface area contributed by atoms with Crippen molar-refractivity contribution in [1.82, 2.24) is 0 Å². The van der Waals surface area contributed by atoms with Crippen LogP contribution in [0.3, 0.4) is 0 Å². The molecule has 0 bridgehead atoms. The number of carbonyl (C=O) groups is 1. The van der Waals surface area contributed by atoms with E-state index in [4.69, 9.17) is 21.1 Å². The molecule has 1 unspecified atom stereocenters. The number of hydrogen-bond donors (Lipinski definition) is 0. The van der Waals surface area contributed by atoms with Crippen LogP contribution < -0.4 is 4.74 Å². The fourth-order valence-corrected chi connectivity index (χ4v) is 1.97. The van der Waals surface area contributed by atoms with Crippen LogP contribution in [0.15, 0.2) is 18.2 Å². The molecule has 0 aliphatic carbocycles. The number of carbonyl (C=O) groups excluding carboxylic acids is 1. The molecule has 1 heterocycles. The summed E-state index contributed by atoms with van der Waals surface area (Å²) in [5, 5.41) is 0.563. The number of methoxy groups -OCH3 is 1. The lowest BCUT2D eigenvalue weighted by atomic mass is 10.0. The van der Waals surface area contributed by atoms with E-state index in [0.29, 0.717) is 30.2 Å². The molecule has 2 rings (SSSR count). The quantitative estimate of drug-likeness (QED) is 0.798. The monoisotopic (exact) mass is 240 g/mol. The molecular weight excluding hydrogens is 228 g/mol. The first kappa shape index (κ1) is 11.4. The zero-order valence-electron chi connectivity index (χ0n) is 9.03. The van der Waals surface area contributed by atoms with Crippen molar-refractivity contribution in [1.29, 1.82) is 0 Å². The molecule has 1 aromatic rings. The molecule has 0 spiro atoms. The summed E-state index contributed by atoms with van der Waals surface area (Å²) in [5.41, 5.74) is 0.939. The molecule has 1 aromatic carbocycles. The van der Waals surface area contributed by atoms with Crippen molar-refractivity contribution in [2.24, 2.45) is 0 Å². The van der Waals surface area contributed by atoms with Gasteiger partial charge in [-0.05, 0) is 17.7 Å². The van der Waals surface area contributed by atoms with Gasteiger partial charge in [0.25, 0.3) is 0 Å². The van der Waals surface area contributed by atoms with Crippen LogP contribution in [0.4, 0.5) is 0 Å².